The maximum absolute atomic E-state index is 13.7. The summed E-state index contributed by atoms with van der Waals surface area (Å²) in [7, 11) is 0. The van der Waals surface area contributed by atoms with E-state index in [1.54, 1.807) is 32.3 Å². The molecule has 2 unspecified atom stereocenters. The topological polar surface area (TPSA) is 73.0 Å². The summed E-state index contributed by atoms with van der Waals surface area (Å²) in [5.74, 6) is 0.202. The lowest BCUT2D eigenvalue weighted by Crippen LogP contribution is -2.43. The average molecular weight is 510 g/mol. The third-order valence-electron chi connectivity index (χ3n) is 6.69. The number of halogens is 2. The van der Waals surface area contributed by atoms with E-state index in [4.69, 9.17) is 16.6 Å². The average Bonchev–Trinajstić information content (AvgIpc) is 3.44. The van der Waals surface area contributed by atoms with Gasteiger partial charge in [0.05, 0.1) is 17.9 Å². The molecule has 35 heavy (non-hydrogen) atoms. The number of benzene rings is 2. The Morgan fingerprint density at radius 2 is 2.03 bits per heavy atom. The second-order valence-corrected chi connectivity index (χ2v) is 10.4. The molecular formula is C25H21ClFN5O2S. The number of carbonyl (C=O) groups excluding carboxylic acids is 1. The zero-order valence-electron chi connectivity index (χ0n) is 18.8. The smallest absolute Gasteiger partial charge is 0.265 e. The van der Waals surface area contributed by atoms with Crippen LogP contribution in [0.4, 0.5) is 10.1 Å². The van der Waals surface area contributed by atoms with Crippen LogP contribution in [0.25, 0.3) is 16.7 Å². The van der Waals surface area contributed by atoms with Gasteiger partial charge in [-0.05, 0) is 67.8 Å². The molecule has 7 nitrogen and oxygen atoms in total. The molecule has 0 saturated carbocycles. The van der Waals surface area contributed by atoms with Crippen LogP contribution in [-0.4, -0.2) is 37.0 Å². The van der Waals surface area contributed by atoms with Gasteiger partial charge in [0.2, 0.25) is 5.91 Å². The molecule has 2 aromatic carbocycles. The summed E-state index contributed by atoms with van der Waals surface area (Å²) in [4.78, 5) is 33.4. The van der Waals surface area contributed by atoms with Gasteiger partial charge >= 0.3 is 0 Å². The molecule has 10 heteroatoms. The normalized spacial score (nSPS) is 19.1. The molecule has 0 spiro atoms. The van der Waals surface area contributed by atoms with E-state index in [1.165, 1.54) is 30.1 Å². The van der Waals surface area contributed by atoms with Crippen LogP contribution in [0.3, 0.4) is 0 Å². The molecule has 2 atom stereocenters. The first kappa shape index (κ1) is 22.3. The maximum Gasteiger partial charge on any atom is 0.265 e. The fraction of sp³-hybridized carbons (Fsp3) is 0.280. The van der Waals surface area contributed by atoms with Gasteiger partial charge < -0.3 is 4.90 Å². The Bertz CT molecular complexity index is 1530. The standard InChI is InChI=1S/C25H21ClFN5O2S/c1-14-2-3-15-10-17(27)6-9-21(15)30(14)22(33)11-19-13-35-25-29-23-20(24(34)31(19)25)12-28-32(23)18-7-4-16(26)5-8-18/h4-10,12,14,19H,2-3,11,13H2,1H3. The van der Waals surface area contributed by atoms with Gasteiger partial charge in [0.25, 0.3) is 5.56 Å². The van der Waals surface area contributed by atoms with Gasteiger partial charge in [0, 0.05) is 28.9 Å². The van der Waals surface area contributed by atoms with Crippen molar-refractivity contribution in [2.45, 2.75) is 43.4 Å². The van der Waals surface area contributed by atoms with Crippen LogP contribution in [0.5, 0.6) is 0 Å². The van der Waals surface area contributed by atoms with Crippen LogP contribution in [0.15, 0.2) is 58.6 Å². The van der Waals surface area contributed by atoms with E-state index in [-0.39, 0.29) is 35.8 Å². The quantitative estimate of drug-likeness (QED) is 0.372. The number of nitrogens with zero attached hydrogens (tertiary/aromatic N) is 5. The van der Waals surface area contributed by atoms with Crippen LogP contribution < -0.4 is 10.5 Å². The third-order valence-corrected chi connectivity index (χ3v) is 8.04. The third kappa shape index (κ3) is 3.73. The van der Waals surface area contributed by atoms with Crippen molar-refractivity contribution in [1.82, 2.24) is 19.3 Å². The molecule has 2 aromatic heterocycles. The number of aryl methyl sites for hydroxylation is 1. The Morgan fingerprint density at radius 1 is 1.23 bits per heavy atom. The Labute approximate surface area is 209 Å². The second kappa shape index (κ2) is 8.49. The molecule has 0 saturated heterocycles. The minimum atomic E-state index is -0.316. The van der Waals surface area contributed by atoms with E-state index in [0.717, 1.165) is 29.8 Å². The van der Waals surface area contributed by atoms with Crippen LogP contribution in [0, 0.1) is 5.82 Å². The number of carbonyl (C=O) groups is 1. The van der Waals surface area contributed by atoms with E-state index in [1.807, 2.05) is 19.1 Å². The molecule has 0 aliphatic carbocycles. The van der Waals surface area contributed by atoms with E-state index in [0.29, 0.717) is 27.0 Å². The highest BCUT2D eigenvalue weighted by molar-refractivity contribution is 7.99. The van der Waals surface area contributed by atoms with Gasteiger partial charge in [-0.2, -0.15) is 5.10 Å². The molecule has 4 heterocycles. The predicted octanol–water partition coefficient (Wildman–Crippen LogP) is 4.78. The Kier molecular flexibility index (Phi) is 5.41. The molecule has 1 amide bonds. The Hall–Kier alpha value is -3.17. The maximum atomic E-state index is 13.7. The number of anilines is 1. The van der Waals surface area contributed by atoms with Crippen molar-refractivity contribution >= 4 is 46.0 Å². The number of amides is 1. The van der Waals surface area contributed by atoms with Crippen LogP contribution in [0.1, 0.15) is 31.4 Å². The molecule has 178 valence electrons. The number of aromatic nitrogens is 4. The lowest BCUT2D eigenvalue weighted by atomic mass is 9.95. The van der Waals surface area contributed by atoms with Crippen molar-refractivity contribution in [2.24, 2.45) is 0 Å². The zero-order chi connectivity index (χ0) is 24.3. The van der Waals surface area contributed by atoms with Crippen LogP contribution in [-0.2, 0) is 11.2 Å². The minimum Gasteiger partial charge on any atom is -0.309 e. The summed E-state index contributed by atoms with van der Waals surface area (Å²) in [6.07, 6.45) is 3.19. The van der Waals surface area contributed by atoms with Crippen molar-refractivity contribution < 1.29 is 9.18 Å². The number of rotatable bonds is 3. The first-order valence-electron chi connectivity index (χ1n) is 11.4. The highest BCUT2D eigenvalue weighted by Crippen LogP contribution is 2.36. The molecule has 0 radical (unpaired) electrons. The summed E-state index contributed by atoms with van der Waals surface area (Å²) >= 11 is 7.46. The first-order valence-corrected chi connectivity index (χ1v) is 12.8. The summed E-state index contributed by atoms with van der Waals surface area (Å²) in [5.41, 5.74) is 2.62. The van der Waals surface area contributed by atoms with E-state index >= 15 is 0 Å². The molecule has 4 aromatic rings. The van der Waals surface area contributed by atoms with Crippen molar-refractivity contribution in [2.75, 3.05) is 10.7 Å². The first-order chi connectivity index (χ1) is 16.9. The molecule has 0 N–H and O–H groups in total. The van der Waals surface area contributed by atoms with Crippen LogP contribution in [0.2, 0.25) is 5.02 Å². The fourth-order valence-corrected chi connectivity index (χ4v) is 6.21. The minimum absolute atomic E-state index is 0.00363. The number of thioether (sulfide) groups is 1. The van der Waals surface area contributed by atoms with Crippen molar-refractivity contribution in [3.8, 4) is 5.69 Å². The van der Waals surface area contributed by atoms with Gasteiger partial charge in [-0.1, -0.05) is 23.4 Å². The van der Waals surface area contributed by atoms with Crippen LogP contribution >= 0.6 is 23.4 Å². The zero-order valence-corrected chi connectivity index (χ0v) is 20.4. The van der Waals surface area contributed by atoms with Gasteiger partial charge in [-0.3, -0.25) is 14.2 Å². The number of fused-ring (bicyclic) bond motifs is 3. The largest absolute Gasteiger partial charge is 0.309 e. The summed E-state index contributed by atoms with van der Waals surface area (Å²) in [6.45, 7) is 2.00. The van der Waals surface area contributed by atoms with Crippen molar-refractivity contribution in [3.63, 3.8) is 0 Å². The monoisotopic (exact) mass is 509 g/mol. The fourth-order valence-electron chi connectivity index (χ4n) is 4.95. The predicted molar refractivity (Wildman–Crippen MR) is 134 cm³/mol. The Morgan fingerprint density at radius 3 is 2.83 bits per heavy atom. The molecule has 2 aliphatic rings. The molecule has 6 rings (SSSR count). The highest BCUT2D eigenvalue weighted by atomic mass is 35.5. The van der Waals surface area contributed by atoms with Gasteiger partial charge in [-0.25, -0.2) is 14.1 Å². The van der Waals surface area contributed by atoms with E-state index in [9.17, 15) is 14.0 Å². The summed E-state index contributed by atoms with van der Waals surface area (Å²) in [6, 6.07) is 11.4. The molecule has 0 bridgehead atoms. The van der Waals surface area contributed by atoms with Gasteiger partial charge in [0.15, 0.2) is 10.8 Å². The Balaban J connectivity index is 1.33. The van der Waals surface area contributed by atoms with E-state index < -0.39 is 0 Å². The highest BCUT2D eigenvalue weighted by Gasteiger charge is 2.34. The lowest BCUT2D eigenvalue weighted by molar-refractivity contribution is -0.119. The second-order valence-electron chi connectivity index (χ2n) is 8.93. The van der Waals surface area contributed by atoms with E-state index in [2.05, 4.69) is 5.10 Å². The van der Waals surface area contributed by atoms with Crippen molar-refractivity contribution in [1.29, 1.82) is 0 Å². The number of hydrogen-bond acceptors (Lipinski definition) is 5. The summed E-state index contributed by atoms with van der Waals surface area (Å²) in [5, 5.41) is 5.96. The molecule has 0 fully saturated rings. The lowest BCUT2D eigenvalue weighted by Gasteiger charge is -2.36. The molecular weight excluding hydrogens is 489 g/mol. The summed E-state index contributed by atoms with van der Waals surface area (Å²) < 4.78 is 17.0. The molecule has 2 aliphatic heterocycles. The van der Waals surface area contributed by atoms with Gasteiger partial charge in [0.1, 0.15) is 11.2 Å². The SMILES string of the molecule is CC1CCc2cc(F)ccc2N1C(=O)CC1CSc2nc3c(cnn3-c3ccc(Cl)cc3)c(=O)n21. The van der Waals surface area contributed by atoms with Gasteiger partial charge in [-0.15, -0.1) is 0 Å². The van der Waals surface area contributed by atoms with Crippen molar-refractivity contribution in [3.05, 3.63) is 75.4 Å². The number of hydrogen-bond donors (Lipinski definition) is 0.